The van der Waals surface area contributed by atoms with Gasteiger partial charge in [0.05, 0.1) is 23.2 Å². The minimum atomic E-state index is -0.188. The van der Waals surface area contributed by atoms with Crippen LogP contribution in [0.3, 0.4) is 0 Å². The molecule has 0 saturated heterocycles. The van der Waals surface area contributed by atoms with Crippen molar-refractivity contribution in [3.8, 4) is 5.75 Å². The van der Waals surface area contributed by atoms with Crippen molar-refractivity contribution in [1.82, 2.24) is 9.66 Å². The molecule has 0 fully saturated rings. The summed E-state index contributed by atoms with van der Waals surface area (Å²) in [6.45, 7) is 5.99. The van der Waals surface area contributed by atoms with E-state index in [9.17, 15) is 4.79 Å². The third-order valence-electron chi connectivity index (χ3n) is 4.00. The molecule has 3 aromatic rings. The van der Waals surface area contributed by atoms with E-state index in [1.807, 2.05) is 44.2 Å². The van der Waals surface area contributed by atoms with Crippen LogP contribution in [0, 0.1) is 0 Å². The molecular weight excluding hydrogens is 486 g/mol. The van der Waals surface area contributed by atoms with Gasteiger partial charge in [-0.2, -0.15) is 9.78 Å². The van der Waals surface area contributed by atoms with Gasteiger partial charge in [-0.15, -0.1) is 0 Å². The fraction of sp³-hybridized carbons (Fsp3) is 0.286. The molecule has 0 aliphatic heterocycles. The number of benzene rings is 2. The van der Waals surface area contributed by atoms with Gasteiger partial charge >= 0.3 is 0 Å². The van der Waals surface area contributed by atoms with Gasteiger partial charge in [0.25, 0.3) is 5.56 Å². The van der Waals surface area contributed by atoms with Crippen molar-refractivity contribution < 1.29 is 4.74 Å². The molecule has 3 rings (SSSR count). The van der Waals surface area contributed by atoms with Gasteiger partial charge in [-0.05, 0) is 56.7 Å². The van der Waals surface area contributed by atoms with E-state index >= 15 is 0 Å². The van der Waals surface area contributed by atoms with E-state index in [2.05, 4.69) is 48.9 Å². The summed E-state index contributed by atoms with van der Waals surface area (Å²) in [4.78, 5) is 17.7. The first kappa shape index (κ1) is 20.7. The third-order valence-corrected chi connectivity index (χ3v) is 4.98. The summed E-state index contributed by atoms with van der Waals surface area (Å²) >= 11 is 6.90. The number of halogens is 2. The largest absolute Gasteiger partial charge is 0.490 e. The highest BCUT2D eigenvalue weighted by Gasteiger charge is 2.11. The second-order valence-corrected chi connectivity index (χ2v) is 8.48. The Morgan fingerprint density at radius 2 is 1.89 bits per heavy atom. The number of ether oxygens (including phenoxy) is 1. The summed E-state index contributed by atoms with van der Waals surface area (Å²) in [5, 5.41) is 5.01. The Bertz CT molecular complexity index is 1090. The molecule has 0 aliphatic carbocycles. The Hall–Kier alpha value is -1.99. The normalized spacial score (nSPS) is 11.6. The number of rotatable bonds is 6. The predicted molar refractivity (Wildman–Crippen MR) is 121 cm³/mol. The number of hydrogen-bond acceptors (Lipinski definition) is 4. The quantitative estimate of drug-likeness (QED) is 0.412. The Balaban J connectivity index is 2.13. The molecule has 0 saturated carbocycles. The van der Waals surface area contributed by atoms with E-state index < -0.39 is 0 Å². The summed E-state index contributed by atoms with van der Waals surface area (Å²) in [5.74, 6) is 1.35. The highest BCUT2D eigenvalue weighted by Crippen LogP contribution is 2.23. The van der Waals surface area contributed by atoms with Crippen LogP contribution in [0.1, 0.15) is 38.6 Å². The lowest BCUT2D eigenvalue weighted by atomic mass is 10.2. The third kappa shape index (κ3) is 4.70. The van der Waals surface area contributed by atoms with Crippen molar-refractivity contribution in [2.75, 3.05) is 0 Å². The van der Waals surface area contributed by atoms with Crippen LogP contribution >= 0.6 is 31.9 Å². The van der Waals surface area contributed by atoms with Gasteiger partial charge in [0, 0.05) is 20.9 Å². The second-order valence-electron chi connectivity index (χ2n) is 6.65. The molecule has 7 heteroatoms. The van der Waals surface area contributed by atoms with E-state index in [0.717, 1.165) is 20.9 Å². The molecule has 1 aromatic heterocycles. The summed E-state index contributed by atoms with van der Waals surface area (Å²) in [6.07, 6.45) is 3.20. The fourth-order valence-corrected chi connectivity index (χ4v) is 3.54. The van der Waals surface area contributed by atoms with Crippen LogP contribution in [-0.2, 0) is 6.42 Å². The van der Waals surface area contributed by atoms with Crippen molar-refractivity contribution in [1.29, 1.82) is 0 Å². The zero-order valence-corrected chi connectivity index (χ0v) is 19.1. The van der Waals surface area contributed by atoms with Gasteiger partial charge in [-0.1, -0.05) is 38.8 Å². The standard InChI is InChI=1S/C21H21Br2N3O2/c1-4-5-20-25-18-8-6-16(23)11-17(18)21(27)26(20)24-12-14-10-15(22)7-9-19(14)28-13(2)3/h6-13H,4-5H2,1-3H3. The van der Waals surface area contributed by atoms with Crippen LogP contribution in [0.4, 0.5) is 0 Å². The molecule has 0 radical (unpaired) electrons. The first-order chi connectivity index (χ1) is 13.4. The number of hydrogen-bond donors (Lipinski definition) is 0. The van der Waals surface area contributed by atoms with E-state index in [-0.39, 0.29) is 11.7 Å². The topological polar surface area (TPSA) is 56.5 Å². The minimum absolute atomic E-state index is 0.0337. The maximum atomic E-state index is 13.1. The van der Waals surface area contributed by atoms with Crippen molar-refractivity contribution in [2.24, 2.45) is 5.10 Å². The molecule has 5 nitrogen and oxygen atoms in total. The molecule has 28 heavy (non-hydrogen) atoms. The number of aryl methyl sites for hydroxylation is 1. The highest BCUT2D eigenvalue weighted by atomic mass is 79.9. The van der Waals surface area contributed by atoms with Crippen molar-refractivity contribution >= 4 is 49.0 Å². The average Bonchev–Trinajstić information content (AvgIpc) is 2.64. The lowest BCUT2D eigenvalue weighted by Gasteiger charge is -2.13. The molecule has 0 unspecified atom stereocenters. The van der Waals surface area contributed by atoms with Gasteiger partial charge in [-0.25, -0.2) is 4.98 Å². The molecule has 0 N–H and O–H groups in total. The van der Waals surface area contributed by atoms with E-state index in [0.29, 0.717) is 28.9 Å². The van der Waals surface area contributed by atoms with Gasteiger partial charge < -0.3 is 4.74 Å². The zero-order valence-electron chi connectivity index (χ0n) is 15.9. The van der Waals surface area contributed by atoms with Crippen molar-refractivity contribution in [3.05, 3.63) is 67.1 Å². The summed E-state index contributed by atoms with van der Waals surface area (Å²) in [6, 6.07) is 11.2. The molecule has 0 spiro atoms. The van der Waals surface area contributed by atoms with Gasteiger partial charge in [0.15, 0.2) is 0 Å². The van der Waals surface area contributed by atoms with Crippen LogP contribution in [0.5, 0.6) is 5.75 Å². The molecule has 146 valence electrons. The summed E-state index contributed by atoms with van der Waals surface area (Å²) in [7, 11) is 0. The molecular formula is C21H21Br2N3O2. The Morgan fingerprint density at radius 3 is 2.61 bits per heavy atom. The van der Waals surface area contributed by atoms with Gasteiger partial charge in [0.1, 0.15) is 11.6 Å². The van der Waals surface area contributed by atoms with Gasteiger partial charge in [-0.3, -0.25) is 4.79 Å². The van der Waals surface area contributed by atoms with Crippen LogP contribution in [0.25, 0.3) is 10.9 Å². The smallest absolute Gasteiger partial charge is 0.282 e. The number of nitrogens with zero attached hydrogens (tertiary/aromatic N) is 3. The first-order valence-electron chi connectivity index (χ1n) is 9.10. The maximum absolute atomic E-state index is 13.1. The van der Waals surface area contributed by atoms with Crippen LogP contribution in [-0.4, -0.2) is 22.0 Å². The Morgan fingerprint density at radius 1 is 1.18 bits per heavy atom. The SMILES string of the molecule is CCCc1nc2ccc(Br)cc2c(=O)n1N=Cc1cc(Br)ccc1OC(C)C. The number of fused-ring (bicyclic) bond motifs is 1. The first-order valence-corrected chi connectivity index (χ1v) is 10.7. The molecule has 0 bridgehead atoms. The van der Waals surface area contributed by atoms with Crippen LogP contribution < -0.4 is 10.3 Å². The highest BCUT2D eigenvalue weighted by molar-refractivity contribution is 9.10. The van der Waals surface area contributed by atoms with Crippen LogP contribution in [0.2, 0.25) is 0 Å². The maximum Gasteiger partial charge on any atom is 0.282 e. The molecule has 2 aromatic carbocycles. The Kier molecular flexibility index (Phi) is 6.67. The van der Waals surface area contributed by atoms with Crippen LogP contribution in [0.15, 0.2) is 55.2 Å². The molecule has 0 atom stereocenters. The molecule has 0 aliphatic rings. The van der Waals surface area contributed by atoms with E-state index in [1.165, 1.54) is 4.68 Å². The number of aromatic nitrogens is 2. The monoisotopic (exact) mass is 505 g/mol. The van der Waals surface area contributed by atoms with Gasteiger partial charge in [0.2, 0.25) is 0 Å². The minimum Gasteiger partial charge on any atom is -0.490 e. The fourth-order valence-electron chi connectivity index (χ4n) is 2.80. The van der Waals surface area contributed by atoms with Crippen molar-refractivity contribution in [2.45, 2.75) is 39.7 Å². The lowest BCUT2D eigenvalue weighted by molar-refractivity contribution is 0.242. The van der Waals surface area contributed by atoms with E-state index in [4.69, 9.17) is 4.74 Å². The van der Waals surface area contributed by atoms with Crippen molar-refractivity contribution in [3.63, 3.8) is 0 Å². The zero-order chi connectivity index (χ0) is 20.3. The molecule has 1 heterocycles. The average molecular weight is 507 g/mol. The van der Waals surface area contributed by atoms with E-state index in [1.54, 1.807) is 12.3 Å². The second kappa shape index (κ2) is 9.01. The Labute approximate surface area is 180 Å². The lowest BCUT2D eigenvalue weighted by Crippen LogP contribution is -2.22. The summed E-state index contributed by atoms with van der Waals surface area (Å²) in [5.41, 5.74) is 1.27. The molecule has 0 amide bonds. The predicted octanol–water partition coefficient (Wildman–Crippen LogP) is 5.54. The summed E-state index contributed by atoms with van der Waals surface area (Å²) < 4.78 is 8.99.